The van der Waals surface area contributed by atoms with Crippen LogP contribution in [0.3, 0.4) is 0 Å². The number of rotatable bonds is 6. The minimum absolute atomic E-state index is 0.560. The van der Waals surface area contributed by atoms with Crippen molar-refractivity contribution in [2.75, 3.05) is 10.0 Å². The van der Waals surface area contributed by atoms with Gasteiger partial charge in [-0.2, -0.15) is 0 Å². The van der Waals surface area contributed by atoms with Crippen molar-refractivity contribution in [3.8, 4) is 11.3 Å². The highest BCUT2D eigenvalue weighted by molar-refractivity contribution is 7.94. The third-order valence-electron chi connectivity index (χ3n) is 4.12. The quantitative estimate of drug-likeness (QED) is 0.653. The summed E-state index contributed by atoms with van der Waals surface area (Å²) in [5.74, 6) is 0.731. The molecule has 0 spiro atoms. The average molecular weight is 385 g/mol. The summed E-state index contributed by atoms with van der Waals surface area (Å²) in [4.78, 5) is 0. The molecule has 2 aromatic carbocycles. The van der Waals surface area contributed by atoms with Crippen LogP contribution in [0.4, 0.5) is 11.4 Å². The van der Waals surface area contributed by atoms with Crippen LogP contribution in [-0.2, 0) is 16.6 Å². The molecule has 0 aliphatic heterocycles. The molecule has 0 atom stereocenters. The summed E-state index contributed by atoms with van der Waals surface area (Å²) in [6.07, 6.45) is 1.62. The van der Waals surface area contributed by atoms with E-state index >= 15 is 0 Å². The second kappa shape index (κ2) is 7.44. The molecule has 6 nitrogen and oxygen atoms in total. The Morgan fingerprint density at radius 2 is 1.56 bits per heavy atom. The summed E-state index contributed by atoms with van der Waals surface area (Å²) in [6, 6.07) is 17.0. The first-order valence-corrected chi connectivity index (χ1v) is 10.1. The van der Waals surface area contributed by atoms with Gasteiger partial charge in [-0.15, -0.1) is 0 Å². The Kier molecular flexibility index (Phi) is 5.23. The summed E-state index contributed by atoms with van der Waals surface area (Å²) < 4.78 is 31.3. The van der Waals surface area contributed by atoms with E-state index in [4.69, 9.17) is 4.52 Å². The lowest BCUT2D eigenvalue weighted by Crippen LogP contribution is -2.33. The summed E-state index contributed by atoms with van der Waals surface area (Å²) >= 11 is 0. The van der Waals surface area contributed by atoms with Gasteiger partial charge in [0, 0.05) is 29.5 Å². The van der Waals surface area contributed by atoms with Gasteiger partial charge in [0.2, 0.25) is 10.0 Å². The van der Waals surface area contributed by atoms with Gasteiger partial charge < -0.3 is 9.84 Å². The molecule has 1 aromatic heterocycles. The highest BCUT2D eigenvalue weighted by Crippen LogP contribution is 2.22. The number of benzene rings is 2. The molecular weight excluding hydrogens is 362 g/mol. The summed E-state index contributed by atoms with van der Waals surface area (Å²) in [5, 5.41) is 7.05. The molecule has 2 N–H and O–H groups in total. The van der Waals surface area contributed by atoms with Crippen molar-refractivity contribution in [3.05, 3.63) is 66.4 Å². The predicted molar refractivity (Wildman–Crippen MR) is 108 cm³/mol. The SMILES string of the molecule is CC(C)(C)S(=O)(=O)Nc1ccc(CNc2ccc(-c3ccno3)cc2)cc1. The highest BCUT2D eigenvalue weighted by atomic mass is 32.2. The summed E-state index contributed by atoms with van der Waals surface area (Å²) in [7, 11) is -3.42. The molecule has 3 aromatic rings. The van der Waals surface area contributed by atoms with Crippen LogP contribution in [0.5, 0.6) is 0 Å². The molecule has 0 amide bonds. The van der Waals surface area contributed by atoms with Crippen molar-refractivity contribution in [2.24, 2.45) is 0 Å². The number of sulfonamides is 1. The molecule has 142 valence electrons. The Morgan fingerprint density at radius 1 is 0.926 bits per heavy atom. The first-order chi connectivity index (χ1) is 12.7. The molecule has 0 saturated carbocycles. The fraction of sp³-hybridized carbons (Fsp3) is 0.250. The van der Waals surface area contributed by atoms with Gasteiger partial charge in [0.05, 0.1) is 10.9 Å². The van der Waals surface area contributed by atoms with E-state index in [0.29, 0.717) is 12.2 Å². The lowest BCUT2D eigenvalue weighted by atomic mass is 10.1. The van der Waals surface area contributed by atoms with Gasteiger partial charge in [0.1, 0.15) is 0 Å². The number of nitrogens with zero attached hydrogens (tertiary/aromatic N) is 1. The zero-order valence-corrected chi connectivity index (χ0v) is 16.4. The normalized spacial score (nSPS) is 12.0. The van der Waals surface area contributed by atoms with E-state index in [2.05, 4.69) is 15.2 Å². The Hall–Kier alpha value is -2.80. The van der Waals surface area contributed by atoms with Crippen molar-refractivity contribution in [2.45, 2.75) is 32.1 Å². The van der Waals surface area contributed by atoms with Crippen LogP contribution >= 0.6 is 0 Å². The smallest absolute Gasteiger partial charge is 0.237 e. The third-order valence-corrected chi connectivity index (χ3v) is 6.23. The first kappa shape index (κ1) is 19.0. The molecule has 27 heavy (non-hydrogen) atoms. The maximum Gasteiger partial charge on any atom is 0.237 e. The summed E-state index contributed by atoms with van der Waals surface area (Å²) in [5.41, 5.74) is 3.56. The Balaban J connectivity index is 1.59. The van der Waals surface area contributed by atoms with Gasteiger partial charge >= 0.3 is 0 Å². The van der Waals surface area contributed by atoms with Crippen LogP contribution in [0, 0.1) is 0 Å². The van der Waals surface area contributed by atoms with Crippen LogP contribution in [0.15, 0.2) is 65.3 Å². The molecule has 0 unspecified atom stereocenters. The van der Waals surface area contributed by atoms with Gasteiger partial charge in [0.25, 0.3) is 0 Å². The second-order valence-electron chi connectivity index (χ2n) is 7.22. The Morgan fingerprint density at radius 3 is 2.11 bits per heavy atom. The van der Waals surface area contributed by atoms with E-state index in [1.807, 2.05) is 42.5 Å². The first-order valence-electron chi connectivity index (χ1n) is 8.61. The Bertz CT molecular complexity index is 972. The number of anilines is 2. The zero-order chi connectivity index (χ0) is 19.5. The molecule has 0 aliphatic rings. The van der Waals surface area contributed by atoms with Gasteiger partial charge in [-0.25, -0.2) is 8.42 Å². The topological polar surface area (TPSA) is 84.2 Å². The average Bonchev–Trinajstić information content (AvgIpc) is 3.15. The van der Waals surface area contributed by atoms with Crippen LogP contribution in [-0.4, -0.2) is 18.3 Å². The molecule has 0 aliphatic carbocycles. The minimum atomic E-state index is -3.42. The fourth-order valence-corrected chi connectivity index (χ4v) is 3.07. The standard InChI is InChI=1S/C20H23N3O3S/c1-20(2,3)27(24,25)23-18-8-4-15(5-9-18)14-21-17-10-6-16(7-11-17)19-12-13-22-26-19/h4-13,21,23H,14H2,1-3H3. The minimum Gasteiger partial charge on any atom is -0.381 e. The third kappa shape index (κ3) is 4.68. The van der Waals surface area contributed by atoms with E-state index < -0.39 is 14.8 Å². The van der Waals surface area contributed by atoms with E-state index in [0.717, 1.165) is 22.6 Å². The van der Waals surface area contributed by atoms with Gasteiger partial charge in [-0.1, -0.05) is 17.3 Å². The number of aromatic nitrogens is 1. The van der Waals surface area contributed by atoms with Crippen molar-refractivity contribution in [1.82, 2.24) is 5.16 Å². The maximum absolute atomic E-state index is 12.2. The van der Waals surface area contributed by atoms with Gasteiger partial charge in [0.15, 0.2) is 5.76 Å². The maximum atomic E-state index is 12.2. The van der Waals surface area contributed by atoms with Crippen LogP contribution in [0.2, 0.25) is 0 Å². The van der Waals surface area contributed by atoms with Crippen LogP contribution < -0.4 is 10.0 Å². The predicted octanol–water partition coefficient (Wildman–Crippen LogP) is 4.49. The van der Waals surface area contributed by atoms with Crippen LogP contribution in [0.1, 0.15) is 26.3 Å². The van der Waals surface area contributed by atoms with Crippen molar-refractivity contribution >= 4 is 21.4 Å². The van der Waals surface area contributed by atoms with Gasteiger partial charge in [-0.3, -0.25) is 4.72 Å². The Labute approximate surface area is 159 Å². The number of hydrogen-bond donors (Lipinski definition) is 2. The van der Waals surface area contributed by atoms with Crippen molar-refractivity contribution < 1.29 is 12.9 Å². The number of nitrogens with one attached hydrogen (secondary N) is 2. The van der Waals surface area contributed by atoms with Crippen LogP contribution in [0.25, 0.3) is 11.3 Å². The molecule has 0 saturated heterocycles. The van der Waals surface area contributed by atoms with E-state index in [1.165, 1.54) is 0 Å². The fourth-order valence-electron chi connectivity index (χ4n) is 2.32. The zero-order valence-electron chi connectivity index (χ0n) is 15.6. The largest absolute Gasteiger partial charge is 0.381 e. The monoisotopic (exact) mass is 385 g/mol. The molecule has 7 heteroatoms. The van der Waals surface area contributed by atoms with E-state index in [-0.39, 0.29) is 0 Å². The summed E-state index contributed by atoms with van der Waals surface area (Å²) in [6.45, 7) is 5.64. The van der Waals surface area contributed by atoms with Crippen molar-refractivity contribution in [1.29, 1.82) is 0 Å². The van der Waals surface area contributed by atoms with Crippen molar-refractivity contribution in [3.63, 3.8) is 0 Å². The number of hydrogen-bond acceptors (Lipinski definition) is 5. The second-order valence-corrected chi connectivity index (χ2v) is 9.66. The van der Waals surface area contributed by atoms with Gasteiger partial charge in [-0.05, 0) is 62.7 Å². The molecule has 0 bridgehead atoms. The lowest BCUT2D eigenvalue weighted by Gasteiger charge is -2.20. The molecular formula is C20H23N3O3S. The molecule has 1 heterocycles. The molecule has 0 radical (unpaired) electrons. The van der Waals surface area contributed by atoms with E-state index in [9.17, 15) is 8.42 Å². The molecule has 3 rings (SSSR count). The molecule has 0 fully saturated rings. The highest BCUT2D eigenvalue weighted by Gasteiger charge is 2.28. The lowest BCUT2D eigenvalue weighted by molar-refractivity contribution is 0.432. The van der Waals surface area contributed by atoms with E-state index in [1.54, 1.807) is 39.1 Å².